The summed E-state index contributed by atoms with van der Waals surface area (Å²) in [7, 11) is 1.44. The first kappa shape index (κ1) is 12.9. The molecular formula is C15H13FN2OS. The molecule has 0 bridgehead atoms. The molecule has 0 aliphatic heterocycles. The highest BCUT2D eigenvalue weighted by Crippen LogP contribution is 2.25. The van der Waals surface area contributed by atoms with Crippen LogP contribution in [0.3, 0.4) is 0 Å². The van der Waals surface area contributed by atoms with Crippen molar-refractivity contribution in [2.75, 3.05) is 7.11 Å². The molecule has 0 aliphatic carbocycles. The molecule has 0 saturated carbocycles. The zero-order valence-electron chi connectivity index (χ0n) is 11.1. The first-order chi connectivity index (χ1) is 9.60. The normalized spacial score (nSPS) is 10.9. The van der Waals surface area contributed by atoms with Gasteiger partial charge in [0, 0.05) is 6.07 Å². The molecular weight excluding hydrogens is 275 g/mol. The maximum absolute atomic E-state index is 13.5. The van der Waals surface area contributed by atoms with Gasteiger partial charge in [0.25, 0.3) is 0 Å². The van der Waals surface area contributed by atoms with Crippen molar-refractivity contribution in [3.63, 3.8) is 0 Å². The molecule has 20 heavy (non-hydrogen) atoms. The number of aromatic amines is 1. The molecule has 3 rings (SSSR count). The maximum atomic E-state index is 13.5. The van der Waals surface area contributed by atoms with Gasteiger partial charge >= 0.3 is 0 Å². The van der Waals surface area contributed by atoms with Gasteiger partial charge < -0.3 is 9.72 Å². The van der Waals surface area contributed by atoms with E-state index in [2.05, 4.69) is 4.98 Å². The van der Waals surface area contributed by atoms with Gasteiger partial charge in [-0.1, -0.05) is 6.07 Å². The number of benzene rings is 2. The SMILES string of the molecule is COc1cc(-n2c(=S)[nH]c3cc(C)ccc32)ccc1F. The average Bonchev–Trinajstić information content (AvgIpc) is 2.74. The molecule has 0 atom stereocenters. The lowest BCUT2D eigenvalue weighted by atomic mass is 10.2. The van der Waals surface area contributed by atoms with Crippen molar-refractivity contribution < 1.29 is 9.13 Å². The second kappa shape index (κ2) is 4.76. The summed E-state index contributed by atoms with van der Waals surface area (Å²) in [6, 6.07) is 10.7. The van der Waals surface area contributed by atoms with E-state index in [0.717, 1.165) is 22.3 Å². The first-order valence-corrected chi connectivity index (χ1v) is 6.56. The van der Waals surface area contributed by atoms with Gasteiger partial charge in [0.15, 0.2) is 16.3 Å². The lowest BCUT2D eigenvalue weighted by Gasteiger charge is -2.08. The van der Waals surface area contributed by atoms with Crippen molar-refractivity contribution in [1.82, 2.24) is 9.55 Å². The molecule has 0 unspecified atom stereocenters. The van der Waals surface area contributed by atoms with Crippen LogP contribution >= 0.6 is 12.2 Å². The van der Waals surface area contributed by atoms with E-state index >= 15 is 0 Å². The Labute approximate surface area is 120 Å². The summed E-state index contributed by atoms with van der Waals surface area (Å²) in [4.78, 5) is 3.16. The number of nitrogens with one attached hydrogen (secondary N) is 1. The van der Waals surface area contributed by atoms with Crippen LogP contribution in [0.15, 0.2) is 36.4 Å². The molecule has 0 saturated heterocycles. The quantitative estimate of drug-likeness (QED) is 0.718. The van der Waals surface area contributed by atoms with Crippen molar-refractivity contribution in [2.24, 2.45) is 0 Å². The fraction of sp³-hybridized carbons (Fsp3) is 0.133. The molecule has 2 aromatic carbocycles. The Kier molecular flexibility index (Phi) is 3.06. The third-order valence-corrected chi connectivity index (χ3v) is 3.52. The maximum Gasteiger partial charge on any atom is 0.182 e. The summed E-state index contributed by atoms with van der Waals surface area (Å²) in [6.07, 6.45) is 0. The minimum absolute atomic E-state index is 0.200. The molecule has 0 spiro atoms. The van der Waals surface area contributed by atoms with E-state index in [1.807, 2.05) is 29.7 Å². The number of nitrogens with zero attached hydrogens (tertiary/aromatic N) is 1. The number of imidazole rings is 1. The number of hydrogen-bond acceptors (Lipinski definition) is 2. The summed E-state index contributed by atoms with van der Waals surface area (Å²) in [6.45, 7) is 2.02. The lowest BCUT2D eigenvalue weighted by Crippen LogP contribution is -1.96. The monoisotopic (exact) mass is 288 g/mol. The fourth-order valence-electron chi connectivity index (χ4n) is 2.27. The number of fused-ring (bicyclic) bond motifs is 1. The Bertz CT molecular complexity index is 851. The van der Waals surface area contributed by atoms with Crippen LogP contribution < -0.4 is 4.74 Å². The molecule has 102 valence electrons. The van der Waals surface area contributed by atoms with Crippen LogP contribution in [0.5, 0.6) is 5.75 Å². The number of ether oxygens (including phenoxy) is 1. The van der Waals surface area contributed by atoms with E-state index in [0.29, 0.717) is 4.77 Å². The third kappa shape index (κ3) is 2.00. The van der Waals surface area contributed by atoms with Crippen LogP contribution in [-0.2, 0) is 0 Å². The summed E-state index contributed by atoms with van der Waals surface area (Å²) < 4.78 is 21.0. The van der Waals surface area contributed by atoms with Crippen molar-refractivity contribution in [3.05, 3.63) is 52.5 Å². The number of aromatic nitrogens is 2. The van der Waals surface area contributed by atoms with E-state index in [-0.39, 0.29) is 5.75 Å². The summed E-state index contributed by atoms with van der Waals surface area (Å²) in [5.74, 6) is -0.190. The highest BCUT2D eigenvalue weighted by atomic mass is 32.1. The molecule has 0 fully saturated rings. The molecule has 3 nitrogen and oxygen atoms in total. The summed E-state index contributed by atoms with van der Waals surface area (Å²) >= 11 is 5.36. The predicted molar refractivity (Wildman–Crippen MR) is 79.7 cm³/mol. The van der Waals surface area contributed by atoms with Gasteiger partial charge in [-0.3, -0.25) is 4.57 Å². The van der Waals surface area contributed by atoms with Gasteiger partial charge in [0.05, 0.1) is 23.8 Å². The van der Waals surface area contributed by atoms with Crippen molar-refractivity contribution in [3.8, 4) is 11.4 Å². The number of methoxy groups -OCH3 is 1. The highest BCUT2D eigenvalue weighted by molar-refractivity contribution is 7.71. The van der Waals surface area contributed by atoms with Crippen LogP contribution in [0.25, 0.3) is 16.7 Å². The number of hydrogen-bond donors (Lipinski definition) is 1. The summed E-state index contributed by atoms with van der Waals surface area (Å²) in [5, 5.41) is 0. The largest absolute Gasteiger partial charge is 0.494 e. The summed E-state index contributed by atoms with van der Waals surface area (Å²) in [5.41, 5.74) is 3.83. The van der Waals surface area contributed by atoms with Crippen molar-refractivity contribution in [1.29, 1.82) is 0 Å². The molecule has 1 heterocycles. The van der Waals surface area contributed by atoms with E-state index in [1.54, 1.807) is 12.1 Å². The fourth-order valence-corrected chi connectivity index (χ4v) is 2.58. The molecule has 3 aromatic rings. The second-order valence-corrected chi connectivity index (χ2v) is 4.99. The molecule has 0 radical (unpaired) electrons. The third-order valence-electron chi connectivity index (χ3n) is 3.23. The van der Waals surface area contributed by atoms with Gasteiger partial charge in [-0.05, 0) is 49.0 Å². The predicted octanol–water partition coefficient (Wildman–Crippen LogP) is 4.14. The van der Waals surface area contributed by atoms with Gasteiger partial charge in [0.2, 0.25) is 0 Å². The van der Waals surface area contributed by atoms with Gasteiger partial charge in [-0.25, -0.2) is 4.39 Å². The van der Waals surface area contributed by atoms with Gasteiger partial charge in [-0.2, -0.15) is 0 Å². The standard InChI is InChI=1S/C15H13FN2OS/c1-9-3-6-13-12(7-9)17-15(20)18(13)10-4-5-11(16)14(8-10)19-2/h3-8H,1-2H3,(H,17,20). The smallest absolute Gasteiger partial charge is 0.182 e. The Hall–Kier alpha value is -2.14. The molecule has 1 N–H and O–H groups in total. The van der Waals surface area contributed by atoms with E-state index < -0.39 is 5.82 Å². The molecule has 5 heteroatoms. The van der Waals surface area contributed by atoms with Gasteiger partial charge in [0.1, 0.15) is 0 Å². The number of halogens is 1. The van der Waals surface area contributed by atoms with Crippen LogP contribution in [0, 0.1) is 17.5 Å². The van der Waals surface area contributed by atoms with Crippen LogP contribution in [-0.4, -0.2) is 16.7 Å². The molecule has 1 aromatic heterocycles. The van der Waals surface area contributed by atoms with Crippen LogP contribution in [0.2, 0.25) is 0 Å². The molecule has 0 aliphatic rings. The minimum atomic E-state index is -0.390. The number of aryl methyl sites for hydroxylation is 1. The molecule has 0 amide bonds. The van der Waals surface area contributed by atoms with E-state index in [1.165, 1.54) is 13.2 Å². The Morgan fingerprint density at radius 3 is 2.75 bits per heavy atom. The zero-order chi connectivity index (χ0) is 14.3. The first-order valence-electron chi connectivity index (χ1n) is 6.15. The highest BCUT2D eigenvalue weighted by Gasteiger charge is 2.09. The van der Waals surface area contributed by atoms with E-state index in [9.17, 15) is 4.39 Å². The van der Waals surface area contributed by atoms with Crippen molar-refractivity contribution >= 4 is 23.3 Å². The second-order valence-electron chi connectivity index (χ2n) is 4.61. The Morgan fingerprint density at radius 1 is 1.20 bits per heavy atom. The topological polar surface area (TPSA) is 29.9 Å². The number of H-pyrrole nitrogens is 1. The van der Waals surface area contributed by atoms with Crippen molar-refractivity contribution in [2.45, 2.75) is 6.92 Å². The lowest BCUT2D eigenvalue weighted by molar-refractivity contribution is 0.386. The van der Waals surface area contributed by atoms with Crippen LogP contribution in [0.1, 0.15) is 5.56 Å². The zero-order valence-corrected chi connectivity index (χ0v) is 11.9. The van der Waals surface area contributed by atoms with E-state index in [4.69, 9.17) is 17.0 Å². The minimum Gasteiger partial charge on any atom is -0.494 e. The average molecular weight is 288 g/mol. The van der Waals surface area contributed by atoms with Crippen LogP contribution in [0.4, 0.5) is 4.39 Å². The Balaban J connectivity index is 2.29. The number of rotatable bonds is 2. The van der Waals surface area contributed by atoms with Gasteiger partial charge in [-0.15, -0.1) is 0 Å². The Morgan fingerprint density at radius 2 is 2.00 bits per heavy atom.